The van der Waals surface area contributed by atoms with Crippen molar-refractivity contribution < 1.29 is 0 Å². The zero-order valence-corrected chi connectivity index (χ0v) is 10.1. The highest BCUT2D eigenvalue weighted by Crippen LogP contribution is 2.19. The van der Waals surface area contributed by atoms with E-state index in [1.54, 1.807) is 6.21 Å². The van der Waals surface area contributed by atoms with Gasteiger partial charge in [-0.15, -0.1) is 0 Å². The first-order valence-electron chi connectivity index (χ1n) is 5.16. The number of rotatable bonds is 2. The maximum absolute atomic E-state index is 4.01. The molecule has 0 fully saturated rings. The van der Waals surface area contributed by atoms with E-state index < -0.39 is 0 Å². The van der Waals surface area contributed by atoms with Crippen LogP contribution in [-0.4, -0.2) is 12.4 Å². The summed E-state index contributed by atoms with van der Waals surface area (Å²) in [6.45, 7) is 10.4. The Labute approximate surface area is 91.7 Å². The third-order valence-corrected chi connectivity index (χ3v) is 2.79. The van der Waals surface area contributed by atoms with Crippen LogP contribution in [0.4, 0.5) is 0 Å². The van der Waals surface area contributed by atoms with E-state index in [4.69, 9.17) is 0 Å². The molecule has 1 aromatic carbocycles. The molecule has 15 heavy (non-hydrogen) atoms. The lowest BCUT2D eigenvalue weighted by Gasteiger charge is -2.10. The fourth-order valence-electron chi connectivity index (χ4n) is 1.60. The van der Waals surface area contributed by atoms with Gasteiger partial charge in [0, 0.05) is 11.8 Å². The number of hydrogen-bond acceptors (Lipinski definition) is 2. The molecule has 0 N–H and O–H groups in total. The lowest BCUT2D eigenvalue weighted by Crippen LogP contribution is -1.97. The van der Waals surface area contributed by atoms with Crippen molar-refractivity contribution in [3.05, 3.63) is 33.9 Å². The first-order chi connectivity index (χ1) is 7.07. The summed E-state index contributed by atoms with van der Waals surface area (Å²) in [5.74, 6) is 0. The highest BCUT2D eigenvalue weighted by atomic mass is 15.2. The normalized spacial score (nSPS) is 11.8. The smallest absolute Gasteiger partial charge is 0.0573 e. The Morgan fingerprint density at radius 2 is 1.47 bits per heavy atom. The molecule has 2 nitrogen and oxygen atoms in total. The van der Waals surface area contributed by atoms with E-state index in [-0.39, 0.29) is 0 Å². The molecule has 0 aliphatic rings. The second kappa shape index (κ2) is 4.87. The van der Waals surface area contributed by atoms with Gasteiger partial charge in [-0.3, -0.25) is 0 Å². The molecule has 0 radical (unpaired) electrons. The molecule has 0 saturated carbocycles. The van der Waals surface area contributed by atoms with Crippen molar-refractivity contribution in [2.75, 3.05) is 0 Å². The second-order valence-corrected chi connectivity index (χ2v) is 3.79. The van der Waals surface area contributed by atoms with Crippen molar-refractivity contribution in [1.29, 1.82) is 0 Å². The van der Waals surface area contributed by atoms with Gasteiger partial charge in [0.1, 0.15) is 0 Å². The molecule has 0 aliphatic carbocycles. The van der Waals surface area contributed by atoms with Crippen LogP contribution >= 0.6 is 0 Å². The van der Waals surface area contributed by atoms with Crippen molar-refractivity contribution >= 4 is 12.4 Å². The largest absolute Gasteiger partial charge is 0.164 e. The van der Waals surface area contributed by atoms with Gasteiger partial charge in [0.25, 0.3) is 0 Å². The van der Waals surface area contributed by atoms with Crippen LogP contribution in [0.15, 0.2) is 16.3 Å². The minimum absolute atomic E-state index is 1.19. The van der Waals surface area contributed by atoms with E-state index in [9.17, 15) is 0 Å². The second-order valence-electron chi connectivity index (χ2n) is 3.79. The molecule has 1 aromatic rings. The zero-order valence-electron chi connectivity index (χ0n) is 10.1. The summed E-state index contributed by atoms with van der Waals surface area (Å²) >= 11 is 0. The highest BCUT2D eigenvalue weighted by Gasteiger charge is 2.05. The van der Waals surface area contributed by atoms with Gasteiger partial charge in [0.05, 0.1) is 6.21 Å². The predicted molar refractivity (Wildman–Crippen MR) is 67.2 cm³/mol. The Balaban J connectivity index is 3.26. The van der Waals surface area contributed by atoms with Gasteiger partial charge in [-0.1, -0.05) is 6.07 Å². The van der Waals surface area contributed by atoms with Gasteiger partial charge in [-0.05, 0) is 56.9 Å². The van der Waals surface area contributed by atoms with Gasteiger partial charge >= 0.3 is 0 Å². The summed E-state index contributed by atoms with van der Waals surface area (Å²) in [4.78, 5) is 0. The van der Waals surface area contributed by atoms with E-state index in [0.29, 0.717) is 0 Å². The van der Waals surface area contributed by atoms with Crippen LogP contribution in [0.3, 0.4) is 0 Å². The average Bonchev–Trinajstić information content (AvgIpc) is 2.20. The van der Waals surface area contributed by atoms with Crippen LogP contribution in [0.5, 0.6) is 0 Å². The van der Waals surface area contributed by atoms with Crippen LogP contribution < -0.4 is 0 Å². The summed E-state index contributed by atoms with van der Waals surface area (Å²) in [7, 11) is 0. The SMILES string of the molecule is C/C=N/N=C/c1c(C)c(C)cc(C)c1C. The van der Waals surface area contributed by atoms with Crippen LogP contribution in [-0.2, 0) is 0 Å². The lowest BCUT2D eigenvalue weighted by molar-refractivity contribution is 1.21. The van der Waals surface area contributed by atoms with Crippen molar-refractivity contribution in [1.82, 2.24) is 0 Å². The monoisotopic (exact) mass is 202 g/mol. The van der Waals surface area contributed by atoms with Gasteiger partial charge in [0.15, 0.2) is 0 Å². The fraction of sp³-hybridized carbons (Fsp3) is 0.385. The summed E-state index contributed by atoms with van der Waals surface area (Å²) in [6, 6.07) is 2.21. The van der Waals surface area contributed by atoms with Crippen LogP contribution in [0.1, 0.15) is 34.7 Å². The topological polar surface area (TPSA) is 24.7 Å². The number of hydrogen-bond donors (Lipinski definition) is 0. The molecular formula is C13H18N2. The van der Waals surface area contributed by atoms with Crippen LogP contribution in [0.25, 0.3) is 0 Å². The Kier molecular flexibility index (Phi) is 3.78. The molecular weight excluding hydrogens is 184 g/mol. The maximum atomic E-state index is 4.01. The molecule has 1 rings (SSSR count). The predicted octanol–water partition coefficient (Wildman–Crippen LogP) is 3.34. The van der Waals surface area contributed by atoms with E-state index >= 15 is 0 Å². The minimum atomic E-state index is 1.19. The van der Waals surface area contributed by atoms with Gasteiger partial charge in [0.2, 0.25) is 0 Å². The van der Waals surface area contributed by atoms with Crippen molar-refractivity contribution in [2.24, 2.45) is 10.2 Å². The summed E-state index contributed by atoms with van der Waals surface area (Å²) in [5.41, 5.74) is 6.37. The van der Waals surface area contributed by atoms with Crippen molar-refractivity contribution in [3.63, 3.8) is 0 Å². The number of aryl methyl sites for hydroxylation is 2. The van der Waals surface area contributed by atoms with Crippen LogP contribution in [0, 0.1) is 27.7 Å². The Hall–Kier alpha value is -1.44. The molecule has 80 valence electrons. The molecule has 2 heteroatoms. The summed E-state index contributed by atoms with van der Waals surface area (Å²) in [5, 5.41) is 7.86. The molecule has 0 unspecified atom stereocenters. The third-order valence-electron chi connectivity index (χ3n) is 2.79. The summed E-state index contributed by atoms with van der Waals surface area (Å²) < 4.78 is 0. The van der Waals surface area contributed by atoms with Gasteiger partial charge < -0.3 is 0 Å². The summed E-state index contributed by atoms with van der Waals surface area (Å²) in [6.07, 6.45) is 3.52. The quantitative estimate of drug-likeness (QED) is 0.519. The van der Waals surface area contributed by atoms with Crippen molar-refractivity contribution in [2.45, 2.75) is 34.6 Å². The molecule has 0 saturated heterocycles. The molecule has 0 spiro atoms. The Morgan fingerprint density at radius 1 is 0.933 bits per heavy atom. The molecule has 0 bridgehead atoms. The standard InChI is InChI=1S/C13H18N2/c1-6-14-15-8-13-11(4)9(2)7-10(3)12(13)5/h6-8H,1-5H3/b14-6+,15-8+. The highest BCUT2D eigenvalue weighted by molar-refractivity contribution is 5.85. The van der Waals surface area contributed by atoms with Gasteiger partial charge in [-0.25, -0.2) is 0 Å². The Bertz CT molecular complexity index is 389. The molecule has 0 aromatic heterocycles. The first-order valence-corrected chi connectivity index (χ1v) is 5.16. The van der Waals surface area contributed by atoms with Crippen LogP contribution in [0.2, 0.25) is 0 Å². The fourth-order valence-corrected chi connectivity index (χ4v) is 1.60. The third kappa shape index (κ3) is 2.52. The maximum Gasteiger partial charge on any atom is 0.0573 e. The lowest BCUT2D eigenvalue weighted by atomic mass is 9.95. The zero-order chi connectivity index (χ0) is 11.4. The molecule has 0 aliphatic heterocycles. The van der Waals surface area contributed by atoms with E-state index in [1.165, 1.54) is 27.8 Å². The molecule has 0 amide bonds. The van der Waals surface area contributed by atoms with E-state index in [0.717, 1.165) is 0 Å². The average molecular weight is 202 g/mol. The number of benzene rings is 1. The molecule has 0 heterocycles. The minimum Gasteiger partial charge on any atom is -0.164 e. The van der Waals surface area contributed by atoms with E-state index in [2.05, 4.69) is 44.0 Å². The van der Waals surface area contributed by atoms with Gasteiger partial charge in [-0.2, -0.15) is 10.2 Å². The first kappa shape index (κ1) is 11.6. The van der Waals surface area contributed by atoms with E-state index in [1.807, 2.05) is 13.1 Å². The van der Waals surface area contributed by atoms with Crippen molar-refractivity contribution in [3.8, 4) is 0 Å². The molecule has 0 atom stereocenters. The Morgan fingerprint density at radius 3 is 1.93 bits per heavy atom. The number of nitrogens with zero attached hydrogens (tertiary/aromatic N) is 2.